The number of nitrogens with one attached hydrogen (secondary N) is 1. The Morgan fingerprint density at radius 2 is 1.60 bits per heavy atom. The molecule has 20 heavy (non-hydrogen) atoms. The van der Waals surface area contributed by atoms with Crippen LogP contribution in [0.2, 0.25) is 0 Å². The summed E-state index contributed by atoms with van der Waals surface area (Å²) >= 11 is 0. The molecule has 3 nitrogen and oxygen atoms in total. The summed E-state index contributed by atoms with van der Waals surface area (Å²) in [5.41, 5.74) is 0.299. The van der Waals surface area contributed by atoms with E-state index < -0.39 is 0 Å². The Labute approximate surface area is 128 Å². The molecule has 1 saturated heterocycles. The van der Waals surface area contributed by atoms with Gasteiger partial charge in [0.1, 0.15) is 0 Å². The molecule has 122 valence electrons. The van der Waals surface area contributed by atoms with E-state index in [1.165, 1.54) is 19.4 Å². The molecule has 0 aromatic heterocycles. The third-order valence-electron chi connectivity index (χ3n) is 3.47. The number of likely N-dealkylation sites (N-methyl/N-ethyl adjacent to an activating group) is 1. The number of rotatable bonds is 3. The lowest BCUT2D eigenvalue weighted by Crippen LogP contribution is -2.45. The number of nitrogens with zero attached hydrogens (tertiary/aromatic N) is 2. The fourth-order valence-corrected chi connectivity index (χ4v) is 1.77. The van der Waals surface area contributed by atoms with Crippen LogP contribution in [0.4, 0.5) is 0 Å². The van der Waals surface area contributed by atoms with E-state index in [0.29, 0.717) is 11.6 Å². The highest BCUT2D eigenvalue weighted by Gasteiger charge is 2.25. The van der Waals surface area contributed by atoms with Crippen molar-refractivity contribution in [3.05, 3.63) is 12.8 Å². The van der Waals surface area contributed by atoms with Crippen LogP contribution in [-0.2, 0) is 0 Å². The number of hydrogen-bond donors (Lipinski definition) is 1. The van der Waals surface area contributed by atoms with Crippen LogP contribution in [0, 0.1) is 0 Å². The summed E-state index contributed by atoms with van der Waals surface area (Å²) in [6.07, 6.45) is 4.42. The van der Waals surface area contributed by atoms with Gasteiger partial charge in [0, 0.05) is 38.3 Å². The fourth-order valence-electron chi connectivity index (χ4n) is 1.77. The molecule has 1 aliphatic rings. The summed E-state index contributed by atoms with van der Waals surface area (Å²) in [7, 11) is 6.09. The monoisotopic (exact) mass is 285 g/mol. The molecule has 0 spiro atoms. The zero-order valence-electron chi connectivity index (χ0n) is 15.5. The van der Waals surface area contributed by atoms with Crippen molar-refractivity contribution in [2.45, 2.75) is 72.0 Å². The second-order valence-electron chi connectivity index (χ2n) is 6.54. The molecule has 1 rings (SSSR count). The molecule has 1 heterocycles. The van der Waals surface area contributed by atoms with Crippen LogP contribution in [0.5, 0.6) is 0 Å². The lowest BCUT2D eigenvalue weighted by atomic mass is 10.1. The highest BCUT2D eigenvalue weighted by atomic mass is 15.2. The molecule has 0 aliphatic carbocycles. The van der Waals surface area contributed by atoms with Gasteiger partial charge in [-0.2, -0.15) is 0 Å². The van der Waals surface area contributed by atoms with Crippen LogP contribution in [0.15, 0.2) is 12.8 Å². The predicted molar refractivity (Wildman–Crippen MR) is 93.2 cm³/mol. The van der Waals surface area contributed by atoms with Crippen molar-refractivity contribution in [3.8, 4) is 0 Å². The summed E-state index contributed by atoms with van der Waals surface area (Å²) in [6, 6.07) is 1.43. The minimum atomic E-state index is 0.299. The maximum Gasteiger partial charge on any atom is 0.0198 e. The van der Waals surface area contributed by atoms with E-state index >= 15 is 0 Å². The third kappa shape index (κ3) is 11.3. The molecule has 0 amide bonds. The standard InChI is InChI=1S/C11H24N2.C4H9N.C2H6/c1-9-6-7-10(12-9)8-13(5)11(2,3)4;1-4-5(2)3;1-2/h9-10,12H,6-8H2,1-5H3;4H,1H2,2-3H3;1-2H3. The maximum atomic E-state index is 3.62. The highest BCUT2D eigenvalue weighted by Crippen LogP contribution is 2.16. The van der Waals surface area contributed by atoms with Crippen molar-refractivity contribution in [1.82, 2.24) is 15.1 Å². The Kier molecular flexibility index (Phi) is 12.1. The average molecular weight is 286 g/mol. The summed E-state index contributed by atoms with van der Waals surface area (Å²) in [4.78, 5) is 4.32. The molecular formula is C17H39N3. The lowest BCUT2D eigenvalue weighted by Gasteiger charge is -2.34. The Bertz CT molecular complexity index is 231. The number of hydrogen-bond acceptors (Lipinski definition) is 3. The summed E-state index contributed by atoms with van der Waals surface area (Å²) in [6.45, 7) is 17.7. The quantitative estimate of drug-likeness (QED) is 0.855. The average Bonchev–Trinajstić information content (AvgIpc) is 2.77. The van der Waals surface area contributed by atoms with Crippen LogP contribution in [0.25, 0.3) is 0 Å². The summed E-state index contributed by atoms with van der Waals surface area (Å²) in [5, 5.41) is 3.62. The van der Waals surface area contributed by atoms with E-state index in [9.17, 15) is 0 Å². The van der Waals surface area contributed by atoms with E-state index in [1.54, 1.807) is 6.20 Å². The van der Waals surface area contributed by atoms with E-state index in [4.69, 9.17) is 0 Å². The topological polar surface area (TPSA) is 18.5 Å². The predicted octanol–water partition coefficient (Wildman–Crippen LogP) is 3.57. The first-order valence-electron chi connectivity index (χ1n) is 7.93. The molecule has 0 aromatic rings. The Balaban J connectivity index is 0. The van der Waals surface area contributed by atoms with Crippen LogP contribution < -0.4 is 5.32 Å². The summed E-state index contributed by atoms with van der Waals surface area (Å²) in [5.74, 6) is 0. The summed E-state index contributed by atoms with van der Waals surface area (Å²) < 4.78 is 0. The highest BCUT2D eigenvalue weighted by molar-refractivity contribution is 4.85. The smallest absolute Gasteiger partial charge is 0.0198 e. The SMILES string of the molecule is C=CN(C)C.CC.CC1CCC(CN(C)C(C)(C)C)N1. The van der Waals surface area contributed by atoms with Gasteiger partial charge in [0.2, 0.25) is 0 Å². The van der Waals surface area contributed by atoms with Gasteiger partial charge in [-0.3, -0.25) is 4.90 Å². The van der Waals surface area contributed by atoms with Gasteiger partial charge in [0.05, 0.1) is 0 Å². The molecule has 3 heteroatoms. The van der Waals surface area contributed by atoms with Crippen LogP contribution in [0.1, 0.15) is 54.4 Å². The lowest BCUT2D eigenvalue weighted by molar-refractivity contribution is 0.160. The first-order chi connectivity index (χ1) is 9.16. The minimum absolute atomic E-state index is 0.299. The largest absolute Gasteiger partial charge is 0.384 e. The molecule has 2 atom stereocenters. The fraction of sp³-hybridized carbons (Fsp3) is 0.882. The minimum Gasteiger partial charge on any atom is -0.384 e. The Morgan fingerprint density at radius 3 is 1.85 bits per heavy atom. The van der Waals surface area contributed by atoms with Crippen LogP contribution >= 0.6 is 0 Å². The molecule has 0 bridgehead atoms. The van der Waals surface area contributed by atoms with E-state index in [-0.39, 0.29) is 0 Å². The van der Waals surface area contributed by atoms with Gasteiger partial charge < -0.3 is 10.2 Å². The van der Waals surface area contributed by atoms with Crippen molar-refractivity contribution >= 4 is 0 Å². The first-order valence-corrected chi connectivity index (χ1v) is 7.93. The maximum absolute atomic E-state index is 3.62. The van der Waals surface area contributed by atoms with Gasteiger partial charge in [-0.25, -0.2) is 0 Å². The van der Waals surface area contributed by atoms with Gasteiger partial charge >= 0.3 is 0 Å². The van der Waals surface area contributed by atoms with Gasteiger partial charge in [-0.05, 0) is 53.8 Å². The van der Waals surface area contributed by atoms with Crippen molar-refractivity contribution in [1.29, 1.82) is 0 Å². The van der Waals surface area contributed by atoms with Crippen LogP contribution in [0.3, 0.4) is 0 Å². The second kappa shape index (κ2) is 11.2. The Hall–Kier alpha value is -0.540. The molecule has 1 N–H and O–H groups in total. The third-order valence-corrected chi connectivity index (χ3v) is 3.47. The molecule has 0 aromatic carbocycles. The first kappa shape index (κ1) is 21.8. The van der Waals surface area contributed by atoms with Gasteiger partial charge in [-0.15, -0.1) is 0 Å². The van der Waals surface area contributed by atoms with Crippen molar-refractivity contribution in [2.24, 2.45) is 0 Å². The zero-order chi connectivity index (χ0) is 16.3. The van der Waals surface area contributed by atoms with Crippen molar-refractivity contribution in [3.63, 3.8) is 0 Å². The molecule has 2 unspecified atom stereocenters. The second-order valence-corrected chi connectivity index (χ2v) is 6.54. The molecular weight excluding hydrogens is 246 g/mol. The van der Waals surface area contributed by atoms with E-state index in [1.807, 2.05) is 32.8 Å². The van der Waals surface area contributed by atoms with Crippen molar-refractivity contribution < 1.29 is 0 Å². The van der Waals surface area contributed by atoms with E-state index in [2.05, 4.69) is 51.5 Å². The van der Waals surface area contributed by atoms with E-state index in [0.717, 1.165) is 6.04 Å². The molecule has 1 aliphatic heterocycles. The van der Waals surface area contributed by atoms with Crippen molar-refractivity contribution in [2.75, 3.05) is 27.7 Å². The molecule has 0 radical (unpaired) electrons. The molecule has 0 saturated carbocycles. The zero-order valence-corrected chi connectivity index (χ0v) is 15.5. The van der Waals surface area contributed by atoms with Gasteiger partial charge in [0.15, 0.2) is 0 Å². The molecule has 1 fully saturated rings. The van der Waals surface area contributed by atoms with Crippen LogP contribution in [-0.4, -0.2) is 55.1 Å². The van der Waals surface area contributed by atoms with Gasteiger partial charge in [0.25, 0.3) is 0 Å². The van der Waals surface area contributed by atoms with Gasteiger partial charge in [-0.1, -0.05) is 20.4 Å². The Morgan fingerprint density at radius 1 is 1.15 bits per heavy atom. The normalized spacial score (nSPS) is 21.5.